The summed E-state index contributed by atoms with van der Waals surface area (Å²) in [5.41, 5.74) is 6.14. The lowest BCUT2D eigenvalue weighted by atomic mass is 9.86. The number of hydrogen-bond donors (Lipinski definition) is 1. The molecule has 0 unspecified atom stereocenters. The fourth-order valence-corrected chi connectivity index (χ4v) is 4.34. The van der Waals surface area contributed by atoms with E-state index in [0.29, 0.717) is 25.5 Å². The third-order valence-corrected chi connectivity index (χ3v) is 6.57. The van der Waals surface area contributed by atoms with Gasteiger partial charge in [-0.1, -0.05) is 63.2 Å². The molecular weight excluding hydrogens is 462 g/mol. The maximum atomic E-state index is 10.3. The lowest BCUT2D eigenvalue weighted by molar-refractivity contribution is -0.128. The van der Waals surface area contributed by atoms with Crippen LogP contribution in [0.5, 0.6) is 11.5 Å². The Kier molecular flexibility index (Phi) is 8.22. The Morgan fingerprint density at radius 3 is 2.38 bits per heavy atom. The van der Waals surface area contributed by atoms with Gasteiger partial charge in [0.25, 0.3) is 6.47 Å². The van der Waals surface area contributed by atoms with Crippen molar-refractivity contribution >= 4 is 17.4 Å². The van der Waals surface area contributed by atoms with Gasteiger partial charge in [-0.15, -0.1) is 0 Å². The normalized spacial score (nSPS) is 13.1. The summed E-state index contributed by atoms with van der Waals surface area (Å²) < 4.78 is 12.3. The maximum absolute atomic E-state index is 10.3. The second-order valence-corrected chi connectivity index (χ2v) is 10.7. The van der Waals surface area contributed by atoms with Gasteiger partial charge in [-0.2, -0.15) is 0 Å². The van der Waals surface area contributed by atoms with Crippen LogP contribution in [-0.4, -0.2) is 29.4 Å². The van der Waals surface area contributed by atoms with Gasteiger partial charge in [0.2, 0.25) is 0 Å². The molecule has 0 saturated heterocycles. The quantitative estimate of drug-likeness (QED) is 0.258. The van der Waals surface area contributed by atoms with E-state index in [-0.39, 0.29) is 11.2 Å². The molecule has 3 aromatic carbocycles. The van der Waals surface area contributed by atoms with Crippen LogP contribution in [-0.2, 0) is 21.5 Å². The van der Waals surface area contributed by atoms with Crippen molar-refractivity contribution in [3.8, 4) is 22.6 Å². The van der Waals surface area contributed by atoms with Crippen LogP contribution in [0, 0.1) is 5.92 Å². The zero-order valence-corrected chi connectivity index (χ0v) is 22.2. The zero-order chi connectivity index (χ0) is 26.4. The first-order valence-electron chi connectivity index (χ1n) is 13.0. The van der Waals surface area contributed by atoms with Crippen molar-refractivity contribution in [2.75, 3.05) is 13.2 Å². The van der Waals surface area contributed by atoms with Gasteiger partial charge in [-0.05, 0) is 66.0 Å². The summed E-state index contributed by atoms with van der Waals surface area (Å²) in [6.07, 6.45) is 4.73. The maximum Gasteiger partial charge on any atom is 0.293 e. The van der Waals surface area contributed by atoms with E-state index in [2.05, 4.69) is 90.9 Å². The van der Waals surface area contributed by atoms with Gasteiger partial charge in [0, 0.05) is 35.3 Å². The smallest absolute Gasteiger partial charge is 0.293 e. The summed E-state index contributed by atoms with van der Waals surface area (Å²) in [5, 5.41) is 11.5. The number of fused-ring (bicyclic) bond motifs is 1. The van der Waals surface area contributed by atoms with Crippen molar-refractivity contribution in [3.05, 3.63) is 84.1 Å². The Labute approximate surface area is 219 Å². The number of para-hydroxylation sites is 1. The number of rotatable bonds is 8. The molecule has 1 aliphatic rings. The van der Waals surface area contributed by atoms with E-state index in [1.54, 1.807) is 13.0 Å². The van der Waals surface area contributed by atoms with Crippen LogP contribution in [0.1, 0.15) is 51.7 Å². The molecule has 194 valence electrons. The Balaban J connectivity index is 0.000000586. The van der Waals surface area contributed by atoms with Gasteiger partial charge in [-0.3, -0.25) is 4.79 Å². The van der Waals surface area contributed by atoms with E-state index in [1.807, 2.05) is 6.07 Å². The molecular formula is C32H37NO4. The van der Waals surface area contributed by atoms with Crippen molar-refractivity contribution in [1.82, 2.24) is 4.57 Å². The zero-order valence-electron chi connectivity index (χ0n) is 22.2. The highest BCUT2D eigenvalue weighted by Crippen LogP contribution is 2.34. The van der Waals surface area contributed by atoms with Crippen molar-refractivity contribution in [2.45, 2.75) is 52.5 Å². The first kappa shape index (κ1) is 26.3. The van der Waals surface area contributed by atoms with E-state index >= 15 is 0 Å². The Morgan fingerprint density at radius 1 is 1.03 bits per heavy atom. The number of phenols is 1. The Morgan fingerprint density at radius 2 is 1.76 bits per heavy atom. The predicted molar refractivity (Wildman–Crippen MR) is 149 cm³/mol. The van der Waals surface area contributed by atoms with Gasteiger partial charge in [0.1, 0.15) is 11.5 Å². The number of hydrogen-bond acceptors (Lipinski definition) is 4. The monoisotopic (exact) mass is 499 g/mol. The topological polar surface area (TPSA) is 60.7 Å². The number of benzene rings is 3. The molecule has 0 bridgehead atoms. The molecule has 5 nitrogen and oxygen atoms in total. The number of aromatic nitrogens is 1. The fourth-order valence-electron chi connectivity index (χ4n) is 4.34. The molecule has 1 fully saturated rings. The van der Waals surface area contributed by atoms with Crippen LogP contribution >= 0.6 is 0 Å². The summed E-state index contributed by atoms with van der Waals surface area (Å²) in [7, 11) is 0. The van der Waals surface area contributed by atoms with Crippen molar-refractivity contribution in [3.63, 3.8) is 0 Å². The third kappa shape index (κ3) is 6.94. The molecule has 5 heteroatoms. The molecule has 0 amide bonds. The molecule has 5 rings (SSSR count). The van der Waals surface area contributed by atoms with E-state index in [0.717, 1.165) is 17.9 Å². The Bertz CT molecular complexity index is 1330. The highest BCUT2D eigenvalue weighted by Gasteiger charge is 2.22. The molecule has 1 N–H and O–H groups in total. The second-order valence-electron chi connectivity index (χ2n) is 10.7. The average molecular weight is 500 g/mol. The van der Waals surface area contributed by atoms with Crippen molar-refractivity contribution < 1.29 is 19.4 Å². The van der Waals surface area contributed by atoms with Crippen LogP contribution in [0.25, 0.3) is 22.0 Å². The van der Waals surface area contributed by atoms with Gasteiger partial charge in [-0.25, -0.2) is 0 Å². The minimum absolute atomic E-state index is 0.140. The van der Waals surface area contributed by atoms with Crippen molar-refractivity contribution in [2.24, 2.45) is 5.92 Å². The average Bonchev–Trinajstić information content (AvgIpc) is 3.64. The van der Waals surface area contributed by atoms with Gasteiger partial charge in [0.05, 0.1) is 13.2 Å². The summed E-state index contributed by atoms with van der Waals surface area (Å²) >= 11 is 0. The summed E-state index contributed by atoms with van der Waals surface area (Å²) in [5.74, 6) is 1.69. The molecule has 1 aromatic heterocycles. The molecule has 0 aliphatic heterocycles. The number of carbonyl (C=O) groups excluding carboxylic acids is 1. The molecule has 0 atom stereocenters. The van der Waals surface area contributed by atoms with Crippen LogP contribution in [0.15, 0.2) is 72.9 Å². The predicted octanol–water partition coefficient (Wildman–Crippen LogP) is 7.33. The number of ether oxygens (including phenoxy) is 2. The van der Waals surface area contributed by atoms with Gasteiger partial charge >= 0.3 is 0 Å². The number of aromatic hydroxyl groups is 1. The van der Waals surface area contributed by atoms with E-state index < -0.39 is 0 Å². The number of carbonyl (C=O) groups is 1. The summed E-state index contributed by atoms with van der Waals surface area (Å²) in [6.45, 7) is 10.8. The van der Waals surface area contributed by atoms with E-state index in [4.69, 9.17) is 4.74 Å². The lowest BCUT2D eigenvalue weighted by Crippen LogP contribution is -2.10. The Hall–Kier alpha value is -3.73. The molecule has 37 heavy (non-hydrogen) atoms. The second kappa shape index (κ2) is 11.5. The summed E-state index contributed by atoms with van der Waals surface area (Å²) in [6, 6.07) is 23.0. The fraction of sp³-hybridized carbons (Fsp3) is 0.344. The first-order valence-corrected chi connectivity index (χ1v) is 13.0. The van der Waals surface area contributed by atoms with E-state index in [9.17, 15) is 9.90 Å². The van der Waals surface area contributed by atoms with Crippen LogP contribution in [0.3, 0.4) is 0 Å². The van der Waals surface area contributed by atoms with Crippen molar-refractivity contribution in [1.29, 1.82) is 0 Å². The number of phenolic OH excluding ortho intramolecular Hbond substituents is 1. The molecule has 0 radical (unpaired) electrons. The molecule has 4 aromatic rings. The molecule has 0 spiro atoms. The molecule has 1 heterocycles. The highest BCUT2D eigenvalue weighted by molar-refractivity contribution is 5.96. The van der Waals surface area contributed by atoms with Crippen LogP contribution < -0.4 is 4.74 Å². The minimum Gasteiger partial charge on any atom is -0.508 e. The van der Waals surface area contributed by atoms with Crippen LogP contribution in [0.2, 0.25) is 0 Å². The number of nitrogens with zero attached hydrogens (tertiary/aromatic N) is 1. The first-order chi connectivity index (χ1) is 17.8. The van der Waals surface area contributed by atoms with Gasteiger partial charge in [0.15, 0.2) is 0 Å². The SMILES string of the molecule is CC(C)(C)c1ccc(-c2cn(Cc3cc(O)cc(OCC4CC4)c3)c3ccccc23)cc1.CCOC=O. The largest absolute Gasteiger partial charge is 0.508 e. The molecule has 1 saturated carbocycles. The summed E-state index contributed by atoms with van der Waals surface area (Å²) in [4.78, 5) is 9.18. The van der Waals surface area contributed by atoms with Gasteiger partial charge < -0.3 is 19.1 Å². The standard InChI is InChI=1S/C29H31NO2.C3H6O2/c1-29(2,3)23-12-10-22(11-13-23)27-18-30(28-7-5-4-6-26(27)28)17-21-14-24(31)16-25(15-21)32-19-20-8-9-20;1-2-5-3-4/h4-7,10-16,18,20,31H,8-9,17,19H2,1-3H3;3H,2H2,1H3. The third-order valence-electron chi connectivity index (χ3n) is 6.57. The highest BCUT2D eigenvalue weighted by atomic mass is 16.5. The van der Waals surface area contributed by atoms with E-state index in [1.165, 1.54) is 40.4 Å². The molecule has 1 aliphatic carbocycles. The lowest BCUT2D eigenvalue weighted by Gasteiger charge is -2.19. The van der Waals surface area contributed by atoms with Crippen LogP contribution in [0.4, 0.5) is 0 Å². The minimum atomic E-state index is 0.140.